The molecule has 0 fully saturated rings. The first-order valence-electron chi connectivity index (χ1n) is 6.84. The fourth-order valence-electron chi connectivity index (χ4n) is 2.01. The van der Waals surface area contributed by atoms with Gasteiger partial charge in [0.1, 0.15) is 11.5 Å². The molecular formula is C15H12Cl2N4OS. The maximum absolute atomic E-state index is 6.02. The molecule has 0 saturated heterocycles. The van der Waals surface area contributed by atoms with Gasteiger partial charge in [0.25, 0.3) is 0 Å². The van der Waals surface area contributed by atoms with Gasteiger partial charge in [-0.25, -0.2) is 0 Å². The Labute approximate surface area is 147 Å². The lowest BCUT2D eigenvalue weighted by molar-refractivity contribution is 0.574. The summed E-state index contributed by atoms with van der Waals surface area (Å²) in [7, 11) is 0. The van der Waals surface area contributed by atoms with Crippen LogP contribution in [0, 0.1) is 4.77 Å². The molecule has 1 N–H and O–H groups in total. The summed E-state index contributed by atoms with van der Waals surface area (Å²) in [5.74, 6) is 2.02. The van der Waals surface area contributed by atoms with E-state index < -0.39 is 0 Å². The standard InChI is InChI=1S/C15H12Cl2N4OS/c1-2-14-19-20-15(23)21(14)18-8-10-4-6-13(22-10)9-3-5-11(16)12(17)7-9/h3-8H,2H2,1H3,(H,20,23)/b18-8-. The molecule has 0 aliphatic rings. The summed E-state index contributed by atoms with van der Waals surface area (Å²) in [6.45, 7) is 1.98. The molecule has 0 amide bonds. The smallest absolute Gasteiger partial charge is 0.216 e. The van der Waals surface area contributed by atoms with E-state index in [9.17, 15) is 0 Å². The first-order valence-corrected chi connectivity index (χ1v) is 8.01. The van der Waals surface area contributed by atoms with Crippen LogP contribution in [0.5, 0.6) is 0 Å². The fraction of sp³-hybridized carbons (Fsp3) is 0.133. The van der Waals surface area contributed by atoms with Gasteiger partial charge in [-0.15, -0.1) is 0 Å². The average molecular weight is 367 g/mol. The summed E-state index contributed by atoms with van der Waals surface area (Å²) in [5.41, 5.74) is 0.841. The molecule has 0 aliphatic carbocycles. The van der Waals surface area contributed by atoms with Gasteiger partial charge in [0, 0.05) is 12.0 Å². The largest absolute Gasteiger partial charge is 0.455 e. The van der Waals surface area contributed by atoms with Gasteiger partial charge in [0.15, 0.2) is 5.82 Å². The van der Waals surface area contributed by atoms with Crippen LogP contribution in [0.1, 0.15) is 18.5 Å². The van der Waals surface area contributed by atoms with Crippen LogP contribution in [0.3, 0.4) is 0 Å². The van der Waals surface area contributed by atoms with Gasteiger partial charge < -0.3 is 4.42 Å². The molecule has 5 nitrogen and oxygen atoms in total. The Balaban J connectivity index is 1.87. The molecule has 0 aliphatic heterocycles. The number of hydrogen-bond donors (Lipinski definition) is 1. The van der Waals surface area contributed by atoms with E-state index in [4.69, 9.17) is 39.8 Å². The molecule has 2 aromatic heterocycles. The number of hydrogen-bond acceptors (Lipinski definition) is 4. The Hall–Kier alpha value is -1.89. The second-order valence-corrected chi connectivity index (χ2v) is 5.89. The number of benzene rings is 1. The van der Waals surface area contributed by atoms with Gasteiger partial charge in [0.2, 0.25) is 4.77 Å². The first-order chi connectivity index (χ1) is 11.1. The van der Waals surface area contributed by atoms with Gasteiger partial charge in [-0.05, 0) is 42.5 Å². The van der Waals surface area contributed by atoms with Crippen molar-refractivity contribution in [1.82, 2.24) is 14.9 Å². The molecule has 118 valence electrons. The van der Waals surface area contributed by atoms with Crippen LogP contribution in [0.2, 0.25) is 10.0 Å². The number of halogens is 2. The van der Waals surface area contributed by atoms with Crippen LogP contribution >= 0.6 is 35.4 Å². The van der Waals surface area contributed by atoms with Gasteiger partial charge in [-0.2, -0.15) is 14.9 Å². The first kappa shape index (κ1) is 16.0. The number of furan rings is 1. The number of aryl methyl sites for hydroxylation is 1. The number of aromatic amines is 1. The van der Waals surface area contributed by atoms with Crippen molar-refractivity contribution in [2.75, 3.05) is 0 Å². The molecule has 2 heterocycles. The van der Waals surface area contributed by atoms with Crippen molar-refractivity contribution < 1.29 is 4.42 Å². The number of aromatic nitrogens is 3. The van der Waals surface area contributed by atoms with Crippen molar-refractivity contribution in [1.29, 1.82) is 0 Å². The van der Waals surface area contributed by atoms with Crippen LogP contribution in [-0.4, -0.2) is 21.1 Å². The van der Waals surface area contributed by atoms with E-state index >= 15 is 0 Å². The third-order valence-corrected chi connectivity index (χ3v) is 4.17. The van der Waals surface area contributed by atoms with Crippen LogP contribution in [-0.2, 0) is 6.42 Å². The number of rotatable bonds is 4. The lowest BCUT2D eigenvalue weighted by Crippen LogP contribution is -1.96. The average Bonchev–Trinajstić information content (AvgIpc) is 3.14. The van der Waals surface area contributed by atoms with Crippen LogP contribution < -0.4 is 0 Å². The normalized spacial score (nSPS) is 11.4. The molecule has 0 spiro atoms. The molecule has 1 aromatic carbocycles. The fourth-order valence-corrected chi connectivity index (χ4v) is 2.51. The Morgan fingerprint density at radius 3 is 2.87 bits per heavy atom. The summed E-state index contributed by atoms with van der Waals surface area (Å²) < 4.78 is 7.75. The van der Waals surface area contributed by atoms with E-state index in [0.717, 1.165) is 17.8 Å². The zero-order chi connectivity index (χ0) is 16.4. The van der Waals surface area contributed by atoms with Gasteiger partial charge in [-0.1, -0.05) is 30.1 Å². The second kappa shape index (κ2) is 6.70. The van der Waals surface area contributed by atoms with E-state index in [-0.39, 0.29) is 0 Å². The summed E-state index contributed by atoms with van der Waals surface area (Å²) in [6.07, 6.45) is 2.31. The minimum absolute atomic E-state index is 0.439. The van der Waals surface area contributed by atoms with E-state index in [0.29, 0.717) is 26.3 Å². The predicted octanol–water partition coefficient (Wildman–Crippen LogP) is 4.95. The molecule has 0 bridgehead atoms. The minimum Gasteiger partial charge on any atom is -0.455 e. The number of nitrogens with one attached hydrogen (secondary N) is 1. The molecule has 0 unspecified atom stereocenters. The van der Waals surface area contributed by atoms with Crippen molar-refractivity contribution in [3.63, 3.8) is 0 Å². The summed E-state index contributed by atoms with van der Waals surface area (Å²) in [6, 6.07) is 8.99. The highest BCUT2D eigenvalue weighted by Gasteiger charge is 2.07. The van der Waals surface area contributed by atoms with Gasteiger partial charge in [0.05, 0.1) is 16.3 Å². The molecule has 0 radical (unpaired) electrons. The maximum atomic E-state index is 6.02. The Morgan fingerprint density at radius 1 is 1.30 bits per heavy atom. The molecule has 3 aromatic rings. The Morgan fingerprint density at radius 2 is 2.13 bits per heavy atom. The maximum Gasteiger partial charge on any atom is 0.216 e. The van der Waals surface area contributed by atoms with E-state index in [1.807, 2.05) is 25.1 Å². The minimum atomic E-state index is 0.439. The van der Waals surface area contributed by atoms with Crippen LogP contribution in [0.4, 0.5) is 0 Å². The zero-order valence-electron chi connectivity index (χ0n) is 12.1. The van der Waals surface area contributed by atoms with Crippen LogP contribution in [0.25, 0.3) is 11.3 Å². The molecule has 0 atom stereocenters. The van der Waals surface area contributed by atoms with Crippen molar-refractivity contribution >= 4 is 41.6 Å². The Bertz CT molecular complexity index is 926. The summed E-state index contributed by atoms with van der Waals surface area (Å²) in [5, 5.41) is 12.1. The van der Waals surface area contributed by atoms with Gasteiger partial charge in [-0.3, -0.25) is 5.10 Å². The SMILES string of the molecule is CCc1n[nH]c(=S)n1/N=C\c1ccc(-c2ccc(Cl)c(Cl)c2)o1. The number of nitrogens with zero attached hydrogens (tertiary/aromatic N) is 3. The quantitative estimate of drug-likeness (QED) is 0.524. The number of H-pyrrole nitrogens is 1. The van der Waals surface area contributed by atoms with E-state index in [1.165, 1.54) is 0 Å². The van der Waals surface area contributed by atoms with Crippen molar-refractivity contribution in [2.24, 2.45) is 5.10 Å². The monoisotopic (exact) mass is 366 g/mol. The molecule has 0 saturated carbocycles. The van der Waals surface area contributed by atoms with Gasteiger partial charge >= 0.3 is 0 Å². The topological polar surface area (TPSA) is 59.1 Å². The van der Waals surface area contributed by atoms with Crippen molar-refractivity contribution in [2.45, 2.75) is 13.3 Å². The lowest BCUT2D eigenvalue weighted by atomic mass is 10.2. The highest BCUT2D eigenvalue weighted by atomic mass is 35.5. The second-order valence-electron chi connectivity index (χ2n) is 4.69. The highest BCUT2D eigenvalue weighted by molar-refractivity contribution is 7.71. The van der Waals surface area contributed by atoms with Crippen molar-refractivity contribution in [3.05, 3.63) is 56.7 Å². The predicted molar refractivity (Wildman–Crippen MR) is 93.9 cm³/mol. The van der Waals surface area contributed by atoms with Crippen molar-refractivity contribution in [3.8, 4) is 11.3 Å². The third kappa shape index (κ3) is 3.39. The Kier molecular flexibility index (Phi) is 4.66. The molecule has 23 heavy (non-hydrogen) atoms. The van der Waals surface area contributed by atoms with E-state index in [1.54, 1.807) is 23.0 Å². The molecule has 8 heteroatoms. The summed E-state index contributed by atoms with van der Waals surface area (Å²) >= 11 is 17.1. The highest BCUT2D eigenvalue weighted by Crippen LogP contribution is 2.29. The van der Waals surface area contributed by atoms with Crippen LogP contribution in [0.15, 0.2) is 39.9 Å². The lowest BCUT2D eigenvalue weighted by Gasteiger charge is -1.99. The zero-order valence-corrected chi connectivity index (χ0v) is 14.4. The molecular weight excluding hydrogens is 355 g/mol. The van der Waals surface area contributed by atoms with E-state index in [2.05, 4.69) is 15.3 Å². The third-order valence-electron chi connectivity index (χ3n) is 3.17. The molecule has 3 rings (SSSR count). The summed E-state index contributed by atoms with van der Waals surface area (Å²) in [4.78, 5) is 0.